The third-order valence-electron chi connectivity index (χ3n) is 4.82. The first kappa shape index (κ1) is 21.8. The lowest BCUT2D eigenvalue weighted by molar-refractivity contribution is -0.274. The van der Waals surface area contributed by atoms with E-state index >= 15 is 0 Å². The summed E-state index contributed by atoms with van der Waals surface area (Å²) in [7, 11) is 0. The topological polar surface area (TPSA) is 80.2 Å². The van der Waals surface area contributed by atoms with Crippen molar-refractivity contribution in [1.82, 2.24) is 15.0 Å². The van der Waals surface area contributed by atoms with Crippen LogP contribution in [0.25, 0.3) is 11.1 Å². The number of hydrogen-bond acceptors (Lipinski definition) is 6. The molecule has 4 rings (SSSR count). The fourth-order valence-electron chi connectivity index (χ4n) is 3.40. The molecule has 1 aliphatic heterocycles. The first-order valence-electron chi connectivity index (χ1n) is 9.67. The zero-order valence-electron chi connectivity index (χ0n) is 16.6. The lowest BCUT2D eigenvalue weighted by atomic mass is 10.1. The number of nitrogens with zero attached hydrogens (tertiary/aromatic N) is 4. The number of nitrogens with one attached hydrogen (secondary N) is 1. The van der Waals surface area contributed by atoms with Crippen LogP contribution in [0.1, 0.15) is 23.2 Å². The Bertz CT molecular complexity index is 1120. The highest BCUT2D eigenvalue weighted by Gasteiger charge is 2.32. The highest BCUT2D eigenvalue weighted by atomic mass is 35.5. The zero-order chi connectivity index (χ0) is 22.7. The van der Waals surface area contributed by atoms with Crippen LogP contribution < -0.4 is 15.0 Å². The summed E-state index contributed by atoms with van der Waals surface area (Å²) in [5.41, 5.74) is 1.90. The van der Waals surface area contributed by atoms with Gasteiger partial charge < -0.3 is 15.0 Å². The van der Waals surface area contributed by atoms with Gasteiger partial charge in [-0.05, 0) is 37.1 Å². The molecule has 2 aromatic heterocycles. The molecule has 7 nitrogen and oxygen atoms in total. The Morgan fingerprint density at radius 3 is 2.47 bits per heavy atom. The number of aromatic nitrogens is 3. The highest BCUT2D eigenvalue weighted by Crippen LogP contribution is 2.33. The van der Waals surface area contributed by atoms with Crippen molar-refractivity contribution in [2.24, 2.45) is 0 Å². The van der Waals surface area contributed by atoms with Crippen LogP contribution in [0.15, 0.2) is 49.2 Å². The van der Waals surface area contributed by atoms with Crippen molar-refractivity contribution in [3.63, 3.8) is 0 Å². The summed E-state index contributed by atoms with van der Waals surface area (Å²) < 4.78 is 41.1. The lowest BCUT2D eigenvalue weighted by Gasteiger charge is -2.20. The van der Waals surface area contributed by atoms with Crippen molar-refractivity contribution in [2.45, 2.75) is 19.2 Å². The van der Waals surface area contributed by atoms with E-state index in [0.29, 0.717) is 11.1 Å². The number of anilines is 2. The molecule has 1 fully saturated rings. The van der Waals surface area contributed by atoms with Gasteiger partial charge in [0.1, 0.15) is 17.9 Å². The van der Waals surface area contributed by atoms with E-state index in [2.05, 4.69) is 29.9 Å². The number of halogens is 4. The van der Waals surface area contributed by atoms with E-state index in [1.54, 1.807) is 18.5 Å². The van der Waals surface area contributed by atoms with E-state index in [4.69, 9.17) is 11.6 Å². The Labute approximate surface area is 186 Å². The fraction of sp³-hybridized carbons (Fsp3) is 0.238. The number of alkyl halides is 3. The van der Waals surface area contributed by atoms with Crippen molar-refractivity contribution in [3.8, 4) is 16.9 Å². The average molecular weight is 464 g/mol. The molecule has 166 valence electrons. The molecule has 0 bridgehead atoms. The molecule has 0 unspecified atom stereocenters. The van der Waals surface area contributed by atoms with Crippen LogP contribution in [0.5, 0.6) is 5.75 Å². The van der Waals surface area contributed by atoms with E-state index in [1.807, 2.05) is 0 Å². The maximum absolute atomic E-state index is 12.8. The van der Waals surface area contributed by atoms with Crippen molar-refractivity contribution in [1.29, 1.82) is 0 Å². The summed E-state index contributed by atoms with van der Waals surface area (Å²) in [5, 5.41) is 2.32. The first-order valence-corrected chi connectivity index (χ1v) is 10.0. The number of amides is 1. The molecule has 0 spiro atoms. The van der Waals surface area contributed by atoms with E-state index in [1.165, 1.54) is 24.7 Å². The summed E-state index contributed by atoms with van der Waals surface area (Å²) in [6.45, 7) is 1.73. The standard InChI is InChI=1S/C21H17ClF3N5O2/c22-17-8-15(3-4-18(17)32-21(23,24)25)29-20(31)13-7-16(14-9-26-12-27-10-14)19(28-11-13)30-5-1-2-6-30/h3-4,7-12H,1-2,5-6H2,(H,29,31). The number of carbonyl (C=O) groups is 1. The summed E-state index contributed by atoms with van der Waals surface area (Å²) in [6.07, 6.45) is 3.41. The van der Waals surface area contributed by atoms with Crippen molar-refractivity contribution in [2.75, 3.05) is 23.3 Å². The molecule has 0 saturated carbocycles. The second-order valence-electron chi connectivity index (χ2n) is 7.06. The molecule has 32 heavy (non-hydrogen) atoms. The minimum absolute atomic E-state index is 0.211. The van der Waals surface area contributed by atoms with Gasteiger partial charge in [0.2, 0.25) is 0 Å². The normalized spacial score (nSPS) is 13.8. The molecule has 1 amide bonds. The maximum Gasteiger partial charge on any atom is 0.573 e. The average Bonchev–Trinajstić information content (AvgIpc) is 3.30. The SMILES string of the molecule is O=C(Nc1ccc(OC(F)(F)F)c(Cl)c1)c1cnc(N2CCCC2)c(-c2cncnc2)c1. The third-order valence-corrected chi connectivity index (χ3v) is 5.12. The van der Waals surface area contributed by atoms with E-state index < -0.39 is 18.0 Å². The molecular weight excluding hydrogens is 447 g/mol. The minimum Gasteiger partial charge on any atom is -0.404 e. The van der Waals surface area contributed by atoms with Gasteiger partial charge in [-0.2, -0.15) is 0 Å². The first-order chi connectivity index (χ1) is 15.3. The molecule has 0 aliphatic carbocycles. The second-order valence-corrected chi connectivity index (χ2v) is 7.47. The van der Waals surface area contributed by atoms with Gasteiger partial charge in [0, 0.05) is 48.5 Å². The van der Waals surface area contributed by atoms with E-state index in [0.717, 1.165) is 37.8 Å². The summed E-state index contributed by atoms with van der Waals surface area (Å²) in [4.78, 5) is 27.6. The number of rotatable bonds is 5. The van der Waals surface area contributed by atoms with Crippen LogP contribution in [0.4, 0.5) is 24.7 Å². The van der Waals surface area contributed by atoms with Gasteiger partial charge >= 0.3 is 6.36 Å². The number of carbonyl (C=O) groups excluding carboxylic acids is 1. The van der Waals surface area contributed by atoms with Gasteiger partial charge in [-0.1, -0.05) is 11.6 Å². The molecule has 11 heteroatoms. The van der Waals surface area contributed by atoms with Crippen molar-refractivity contribution >= 4 is 29.0 Å². The van der Waals surface area contributed by atoms with Crippen LogP contribution in [0.3, 0.4) is 0 Å². The largest absolute Gasteiger partial charge is 0.573 e. The Morgan fingerprint density at radius 2 is 1.81 bits per heavy atom. The molecule has 0 radical (unpaired) electrons. The molecule has 0 atom stereocenters. The second kappa shape index (κ2) is 8.99. The maximum atomic E-state index is 12.8. The smallest absolute Gasteiger partial charge is 0.404 e. The Kier molecular flexibility index (Phi) is 6.13. The molecule has 3 heterocycles. The lowest BCUT2D eigenvalue weighted by Crippen LogP contribution is -2.21. The quantitative estimate of drug-likeness (QED) is 0.577. The molecular formula is C21H17ClF3N5O2. The van der Waals surface area contributed by atoms with Crippen molar-refractivity contribution < 1.29 is 22.7 Å². The molecule has 1 saturated heterocycles. The minimum atomic E-state index is -4.87. The van der Waals surface area contributed by atoms with E-state index in [-0.39, 0.29) is 16.3 Å². The highest BCUT2D eigenvalue weighted by molar-refractivity contribution is 6.32. The predicted octanol–water partition coefficient (Wildman–Crippen LogP) is 4.94. The van der Waals surface area contributed by atoms with Gasteiger partial charge in [0.25, 0.3) is 5.91 Å². The van der Waals surface area contributed by atoms with Gasteiger partial charge in [0.15, 0.2) is 0 Å². The Morgan fingerprint density at radius 1 is 1.09 bits per heavy atom. The molecule has 1 aliphatic rings. The summed E-state index contributed by atoms with van der Waals surface area (Å²) >= 11 is 5.86. The predicted molar refractivity (Wildman–Crippen MR) is 113 cm³/mol. The van der Waals surface area contributed by atoms with Crippen LogP contribution in [0.2, 0.25) is 5.02 Å². The Hall–Kier alpha value is -3.40. The van der Waals surface area contributed by atoms with Crippen LogP contribution in [-0.4, -0.2) is 40.3 Å². The third kappa shape index (κ3) is 5.08. The van der Waals surface area contributed by atoms with Crippen LogP contribution >= 0.6 is 11.6 Å². The number of hydrogen-bond donors (Lipinski definition) is 1. The molecule has 1 N–H and O–H groups in total. The van der Waals surface area contributed by atoms with Gasteiger partial charge in [0.05, 0.1) is 10.6 Å². The Balaban J connectivity index is 1.59. The molecule has 3 aromatic rings. The van der Waals surface area contributed by atoms with Crippen molar-refractivity contribution in [3.05, 3.63) is 59.8 Å². The summed E-state index contributed by atoms with van der Waals surface area (Å²) in [5.74, 6) is -0.310. The van der Waals surface area contributed by atoms with Crippen LogP contribution in [0, 0.1) is 0 Å². The van der Waals surface area contributed by atoms with Gasteiger partial charge in [-0.15, -0.1) is 13.2 Å². The molecule has 1 aromatic carbocycles. The fourth-order valence-corrected chi connectivity index (χ4v) is 3.62. The number of pyridine rings is 1. The van der Waals surface area contributed by atoms with Crippen LogP contribution in [-0.2, 0) is 0 Å². The van der Waals surface area contributed by atoms with Gasteiger partial charge in [-0.25, -0.2) is 15.0 Å². The zero-order valence-corrected chi connectivity index (χ0v) is 17.3. The van der Waals surface area contributed by atoms with E-state index in [9.17, 15) is 18.0 Å². The number of ether oxygens (including phenoxy) is 1. The monoisotopic (exact) mass is 463 g/mol. The number of benzene rings is 1. The van der Waals surface area contributed by atoms with Gasteiger partial charge in [-0.3, -0.25) is 4.79 Å². The summed E-state index contributed by atoms with van der Waals surface area (Å²) in [6, 6.07) is 5.17.